The lowest BCUT2D eigenvalue weighted by Gasteiger charge is -2.01. The molecule has 0 saturated heterocycles. The van der Waals surface area contributed by atoms with Crippen LogP contribution in [0.5, 0.6) is 0 Å². The Hall–Kier alpha value is -1.12. The predicted octanol–water partition coefficient (Wildman–Crippen LogP) is 5.77. The molecule has 0 aromatic carbocycles. The van der Waals surface area contributed by atoms with Gasteiger partial charge in [0.2, 0.25) is 0 Å². The van der Waals surface area contributed by atoms with E-state index in [1.807, 2.05) is 13.0 Å². The monoisotopic (exact) mass is 324 g/mol. The van der Waals surface area contributed by atoms with Crippen LogP contribution in [0.2, 0.25) is 0 Å². The first-order chi connectivity index (χ1) is 11.2. The van der Waals surface area contributed by atoms with Crippen molar-refractivity contribution in [2.24, 2.45) is 0 Å². The summed E-state index contributed by atoms with van der Waals surface area (Å²) in [4.78, 5) is 22.8. The third kappa shape index (κ3) is 17.1. The fourth-order valence-electron chi connectivity index (χ4n) is 2.50. The maximum absolute atomic E-state index is 11.7. The fourth-order valence-corrected chi connectivity index (χ4v) is 2.50. The van der Waals surface area contributed by atoms with Crippen LogP contribution in [0.4, 0.5) is 0 Å². The minimum absolute atomic E-state index is 0.0901. The van der Waals surface area contributed by atoms with Gasteiger partial charge in [-0.05, 0) is 38.7 Å². The van der Waals surface area contributed by atoms with Crippen molar-refractivity contribution in [3.8, 4) is 0 Å². The molecule has 0 atom stereocenters. The van der Waals surface area contributed by atoms with Crippen LogP contribution in [0, 0.1) is 0 Å². The quantitative estimate of drug-likeness (QED) is 0.206. The van der Waals surface area contributed by atoms with E-state index in [0.29, 0.717) is 19.4 Å². The molecule has 134 valence electrons. The van der Waals surface area contributed by atoms with Crippen molar-refractivity contribution in [2.45, 2.75) is 97.3 Å². The summed E-state index contributed by atoms with van der Waals surface area (Å²) in [7, 11) is 0. The minimum Gasteiger partial charge on any atom is -0.466 e. The first-order valence-electron chi connectivity index (χ1n) is 9.55. The molecule has 0 radical (unpaired) electrons. The van der Waals surface area contributed by atoms with Crippen molar-refractivity contribution in [3.05, 3.63) is 12.2 Å². The SMILES string of the molecule is CCCCCCCCC(=O)/C=C/CCCCCCC(=O)OCC. The summed E-state index contributed by atoms with van der Waals surface area (Å²) >= 11 is 0. The van der Waals surface area contributed by atoms with Gasteiger partial charge in [-0.25, -0.2) is 0 Å². The molecule has 0 aliphatic heterocycles. The third-order valence-electron chi connectivity index (χ3n) is 3.89. The van der Waals surface area contributed by atoms with E-state index < -0.39 is 0 Å². The zero-order valence-electron chi connectivity index (χ0n) is 15.3. The van der Waals surface area contributed by atoms with Crippen molar-refractivity contribution in [1.29, 1.82) is 0 Å². The van der Waals surface area contributed by atoms with Crippen molar-refractivity contribution in [2.75, 3.05) is 6.61 Å². The minimum atomic E-state index is -0.0901. The van der Waals surface area contributed by atoms with E-state index in [0.717, 1.165) is 38.5 Å². The summed E-state index contributed by atoms with van der Waals surface area (Å²) in [6.45, 7) is 4.52. The molecule has 23 heavy (non-hydrogen) atoms. The Morgan fingerprint density at radius 2 is 1.39 bits per heavy atom. The van der Waals surface area contributed by atoms with E-state index in [1.165, 1.54) is 32.1 Å². The van der Waals surface area contributed by atoms with Crippen molar-refractivity contribution in [1.82, 2.24) is 0 Å². The number of ether oxygens (including phenoxy) is 1. The number of hydrogen-bond acceptors (Lipinski definition) is 3. The summed E-state index contributed by atoms with van der Waals surface area (Å²) in [6.07, 6.45) is 17.4. The summed E-state index contributed by atoms with van der Waals surface area (Å²) in [5.41, 5.74) is 0. The number of unbranched alkanes of at least 4 members (excludes halogenated alkanes) is 9. The average molecular weight is 325 g/mol. The molecule has 0 N–H and O–H groups in total. The average Bonchev–Trinajstić information content (AvgIpc) is 2.53. The molecule has 0 unspecified atom stereocenters. The number of esters is 1. The molecule has 0 aromatic heterocycles. The van der Waals surface area contributed by atoms with Gasteiger partial charge in [0.1, 0.15) is 0 Å². The largest absolute Gasteiger partial charge is 0.466 e. The van der Waals surface area contributed by atoms with Gasteiger partial charge < -0.3 is 4.74 Å². The molecule has 0 aromatic rings. The second kappa shape index (κ2) is 17.2. The first kappa shape index (κ1) is 21.9. The molecule has 0 saturated carbocycles. The molecule has 0 aliphatic rings. The number of carbonyl (C=O) groups excluding carboxylic acids is 2. The molecular weight excluding hydrogens is 288 g/mol. The summed E-state index contributed by atoms with van der Waals surface area (Å²) in [6, 6.07) is 0. The Bertz CT molecular complexity index is 321. The topological polar surface area (TPSA) is 43.4 Å². The van der Waals surface area contributed by atoms with Gasteiger partial charge in [-0.1, -0.05) is 57.9 Å². The van der Waals surface area contributed by atoms with Crippen LogP contribution < -0.4 is 0 Å². The molecule has 0 fully saturated rings. The summed E-state index contributed by atoms with van der Waals surface area (Å²) < 4.78 is 4.89. The predicted molar refractivity (Wildman–Crippen MR) is 96.5 cm³/mol. The van der Waals surface area contributed by atoms with Crippen molar-refractivity contribution >= 4 is 11.8 Å². The highest BCUT2D eigenvalue weighted by atomic mass is 16.5. The highest BCUT2D eigenvalue weighted by Gasteiger charge is 2.00. The van der Waals surface area contributed by atoms with E-state index in [1.54, 1.807) is 6.08 Å². The smallest absolute Gasteiger partial charge is 0.305 e. The van der Waals surface area contributed by atoms with E-state index in [9.17, 15) is 9.59 Å². The Balaban J connectivity index is 3.35. The molecule has 0 rings (SSSR count). The van der Waals surface area contributed by atoms with Gasteiger partial charge in [-0.2, -0.15) is 0 Å². The van der Waals surface area contributed by atoms with Crippen molar-refractivity contribution in [3.63, 3.8) is 0 Å². The Labute approximate surface area is 142 Å². The summed E-state index contributed by atoms with van der Waals surface area (Å²) in [5.74, 6) is 0.176. The Morgan fingerprint density at radius 3 is 2.09 bits per heavy atom. The van der Waals surface area contributed by atoms with Crippen LogP contribution in [-0.2, 0) is 14.3 Å². The van der Waals surface area contributed by atoms with Gasteiger partial charge in [0.15, 0.2) is 5.78 Å². The van der Waals surface area contributed by atoms with Gasteiger partial charge >= 0.3 is 5.97 Å². The molecule has 0 heterocycles. The number of allylic oxidation sites excluding steroid dienone is 2. The van der Waals surface area contributed by atoms with E-state index in [-0.39, 0.29) is 11.8 Å². The number of hydrogen-bond donors (Lipinski definition) is 0. The molecule has 0 bridgehead atoms. The van der Waals surface area contributed by atoms with Crippen LogP contribution >= 0.6 is 0 Å². The maximum atomic E-state index is 11.7. The van der Waals surface area contributed by atoms with E-state index in [2.05, 4.69) is 6.92 Å². The lowest BCUT2D eigenvalue weighted by atomic mass is 10.1. The Kier molecular flexibility index (Phi) is 16.4. The van der Waals surface area contributed by atoms with Gasteiger partial charge in [-0.3, -0.25) is 9.59 Å². The van der Waals surface area contributed by atoms with Crippen LogP contribution in [-0.4, -0.2) is 18.4 Å². The van der Waals surface area contributed by atoms with Crippen LogP contribution in [0.1, 0.15) is 97.3 Å². The fraction of sp³-hybridized carbons (Fsp3) is 0.800. The summed E-state index contributed by atoms with van der Waals surface area (Å²) in [5, 5.41) is 0. The zero-order chi connectivity index (χ0) is 17.2. The van der Waals surface area contributed by atoms with Crippen LogP contribution in [0.3, 0.4) is 0 Å². The number of ketones is 1. The highest BCUT2D eigenvalue weighted by molar-refractivity contribution is 5.89. The first-order valence-corrected chi connectivity index (χ1v) is 9.55. The third-order valence-corrected chi connectivity index (χ3v) is 3.89. The second-order valence-corrected chi connectivity index (χ2v) is 6.14. The van der Waals surface area contributed by atoms with Crippen molar-refractivity contribution < 1.29 is 14.3 Å². The molecule has 3 nitrogen and oxygen atoms in total. The van der Waals surface area contributed by atoms with E-state index >= 15 is 0 Å². The lowest BCUT2D eigenvalue weighted by molar-refractivity contribution is -0.143. The highest BCUT2D eigenvalue weighted by Crippen LogP contribution is 2.09. The molecule has 3 heteroatoms. The lowest BCUT2D eigenvalue weighted by Crippen LogP contribution is -2.03. The zero-order valence-corrected chi connectivity index (χ0v) is 15.3. The van der Waals surface area contributed by atoms with Crippen LogP contribution in [0.15, 0.2) is 12.2 Å². The standard InChI is InChI=1S/C20H36O3/c1-3-5-6-7-10-13-16-19(21)17-14-11-8-9-12-15-18-20(22)23-4-2/h14,17H,3-13,15-16,18H2,1-2H3/b17-14+. The Morgan fingerprint density at radius 1 is 0.783 bits per heavy atom. The van der Waals surface area contributed by atoms with Gasteiger partial charge in [0, 0.05) is 12.8 Å². The van der Waals surface area contributed by atoms with Gasteiger partial charge in [-0.15, -0.1) is 0 Å². The molecule has 0 aliphatic carbocycles. The number of rotatable bonds is 16. The van der Waals surface area contributed by atoms with Gasteiger partial charge in [0.05, 0.1) is 6.61 Å². The molecule has 0 amide bonds. The second-order valence-electron chi connectivity index (χ2n) is 6.14. The normalized spacial score (nSPS) is 11.0. The molecular formula is C20H36O3. The number of carbonyl (C=O) groups is 2. The van der Waals surface area contributed by atoms with Crippen LogP contribution in [0.25, 0.3) is 0 Å². The maximum Gasteiger partial charge on any atom is 0.305 e. The van der Waals surface area contributed by atoms with Gasteiger partial charge in [0.25, 0.3) is 0 Å². The van der Waals surface area contributed by atoms with E-state index in [4.69, 9.17) is 4.74 Å². The molecule has 0 spiro atoms.